The third kappa shape index (κ3) is 4.44. The van der Waals surface area contributed by atoms with Crippen molar-refractivity contribution < 1.29 is 8.42 Å². The molecular weight excluding hydrogens is 376 g/mol. The molecule has 3 aromatic rings. The van der Waals surface area contributed by atoms with Gasteiger partial charge in [-0.05, 0) is 24.3 Å². The summed E-state index contributed by atoms with van der Waals surface area (Å²) < 4.78 is 28.0. The smallest absolute Gasteiger partial charge is 0.244 e. The number of hydrazone groups is 1. The molecule has 3 rings (SSSR count). The molecule has 0 unspecified atom stereocenters. The van der Waals surface area contributed by atoms with Gasteiger partial charge in [-0.3, -0.25) is 5.43 Å². The molecule has 0 bridgehead atoms. The van der Waals surface area contributed by atoms with Gasteiger partial charge in [0.2, 0.25) is 10.0 Å². The van der Waals surface area contributed by atoms with Gasteiger partial charge in [-0.15, -0.1) is 0 Å². The quantitative estimate of drug-likeness (QED) is 0.465. The zero-order chi connectivity index (χ0) is 20.0. The average Bonchev–Trinajstić information content (AvgIpc) is 3.19. The maximum absolute atomic E-state index is 12.5. The van der Waals surface area contributed by atoms with E-state index in [1.54, 1.807) is 37.0 Å². The summed E-state index contributed by atoms with van der Waals surface area (Å²) in [7, 11) is -3.51. The van der Waals surface area contributed by atoms with Crippen LogP contribution in [-0.4, -0.2) is 46.8 Å². The number of nitrogens with one attached hydrogen (secondary N) is 1. The maximum atomic E-state index is 12.5. The van der Waals surface area contributed by atoms with Gasteiger partial charge in [0.05, 0.1) is 18.1 Å². The van der Waals surface area contributed by atoms with Gasteiger partial charge in [-0.25, -0.2) is 18.1 Å². The zero-order valence-electron chi connectivity index (χ0n) is 15.7. The molecule has 0 saturated carbocycles. The molecule has 146 valence electrons. The molecule has 8 nitrogen and oxygen atoms in total. The molecule has 0 amide bonds. The third-order valence-corrected chi connectivity index (χ3v) is 6.13. The topological polar surface area (TPSA) is 92.5 Å². The highest BCUT2D eigenvalue weighted by molar-refractivity contribution is 7.89. The van der Waals surface area contributed by atoms with E-state index in [4.69, 9.17) is 0 Å². The minimum Gasteiger partial charge on any atom is -0.261 e. The fourth-order valence-corrected chi connectivity index (χ4v) is 4.01. The van der Waals surface area contributed by atoms with Crippen LogP contribution in [0.15, 0.2) is 71.1 Å². The van der Waals surface area contributed by atoms with E-state index in [-0.39, 0.29) is 4.90 Å². The lowest BCUT2D eigenvalue weighted by atomic mass is 10.3. The van der Waals surface area contributed by atoms with Crippen molar-refractivity contribution in [2.24, 2.45) is 5.10 Å². The Balaban J connectivity index is 1.65. The molecule has 0 aliphatic rings. The summed E-state index contributed by atoms with van der Waals surface area (Å²) in [6.07, 6.45) is 6.51. The van der Waals surface area contributed by atoms with E-state index in [9.17, 15) is 8.42 Å². The van der Waals surface area contributed by atoms with Crippen LogP contribution in [0.4, 0.5) is 5.82 Å². The second-order valence-corrected chi connectivity index (χ2v) is 7.83. The van der Waals surface area contributed by atoms with E-state index in [2.05, 4.69) is 20.6 Å². The number of rotatable bonds is 8. The second kappa shape index (κ2) is 8.77. The lowest BCUT2D eigenvalue weighted by Gasteiger charge is -2.18. The van der Waals surface area contributed by atoms with Crippen LogP contribution in [-0.2, 0) is 10.0 Å². The number of nitrogens with zero attached hydrogens (tertiary/aromatic N) is 5. The normalized spacial score (nSPS) is 12.0. The van der Waals surface area contributed by atoms with E-state index in [1.807, 2.05) is 36.5 Å². The minimum atomic E-state index is -3.51. The SMILES string of the molecule is CCN(CC)S(=O)(=O)c1ccc(N/N=C\c2cnn(-c3ccccc3)c2)nc1. The maximum Gasteiger partial charge on any atom is 0.244 e. The van der Waals surface area contributed by atoms with E-state index in [1.165, 1.54) is 16.6 Å². The number of hydrogen-bond acceptors (Lipinski definition) is 6. The Kier molecular flexibility index (Phi) is 6.17. The van der Waals surface area contributed by atoms with Crippen LogP contribution in [0.1, 0.15) is 19.4 Å². The van der Waals surface area contributed by atoms with Crippen molar-refractivity contribution in [1.29, 1.82) is 0 Å². The number of anilines is 1. The Bertz CT molecular complexity index is 1030. The lowest BCUT2D eigenvalue weighted by molar-refractivity contribution is 0.445. The van der Waals surface area contributed by atoms with Gasteiger partial charge in [-0.1, -0.05) is 32.0 Å². The molecule has 0 radical (unpaired) electrons. The van der Waals surface area contributed by atoms with Crippen molar-refractivity contribution in [3.8, 4) is 5.69 Å². The fourth-order valence-electron chi connectivity index (χ4n) is 2.61. The van der Waals surface area contributed by atoms with Gasteiger partial charge in [0.25, 0.3) is 0 Å². The van der Waals surface area contributed by atoms with Crippen LogP contribution in [0.3, 0.4) is 0 Å². The van der Waals surface area contributed by atoms with Crippen LogP contribution in [0.2, 0.25) is 0 Å². The third-order valence-electron chi connectivity index (χ3n) is 4.10. The van der Waals surface area contributed by atoms with E-state index in [0.717, 1.165) is 11.3 Å². The van der Waals surface area contributed by atoms with Crippen LogP contribution in [0.25, 0.3) is 5.69 Å². The number of benzene rings is 1. The second-order valence-electron chi connectivity index (χ2n) is 5.89. The summed E-state index contributed by atoms with van der Waals surface area (Å²) in [6.45, 7) is 4.44. The highest BCUT2D eigenvalue weighted by atomic mass is 32.2. The van der Waals surface area contributed by atoms with Gasteiger partial charge in [-0.2, -0.15) is 14.5 Å². The Morgan fingerprint density at radius 1 is 1.11 bits per heavy atom. The zero-order valence-corrected chi connectivity index (χ0v) is 16.5. The first-order valence-corrected chi connectivity index (χ1v) is 10.3. The Labute approximate surface area is 164 Å². The van der Waals surface area contributed by atoms with Crippen molar-refractivity contribution in [2.75, 3.05) is 18.5 Å². The molecule has 1 aromatic carbocycles. The standard InChI is InChI=1S/C19H22N6O2S/c1-3-24(4-2)28(26,27)18-10-11-19(20-14-18)23-21-12-16-13-22-25(15-16)17-8-6-5-7-9-17/h5-15H,3-4H2,1-2H3,(H,20,23)/b21-12-. The van der Waals surface area contributed by atoms with Crippen LogP contribution in [0, 0.1) is 0 Å². The van der Waals surface area contributed by atoms with Crippen molar-refractivity contribution in [1.82, 2.24) is 19.1 Å². The Hall–Kier alpha value is -3.04. The molecule has 0 fully saturated rings. The average molecular weight is 398 g/mol. The summed E-state index contributed by atoms with van der Waals surface area (Å²) in [5.74, 6) is 0.449. The predicted octanol–water partition coefficient (Wildman–Crippen LogP) is 2.74. The molecule has 2 heterocycles. The Morgan fingerprint density at radius 2 is 1.86 bits per heavy atom. The van der Waals surface area contributed by atoms with Crippen molar-refractivity contribution in [3.63, 3.8) is 0 Å². The summed E-state index contributed by atoms with van der Waals surface area (Å²) in [5.41, 5.74) is 4.57. The van der Waals surface area contributed by atoms with Gasteiger partial charge < -0.3 is 0 Å². The number of sulfonamides is 1. The molecule has 0 aliphatic heterocycles. The van der Waals surface area contributed by atoms with E-state index in [0.29, 0.717) is 18.9 Å². The van der Waals surface area contributed by atoms with Gasteiger partial charge in [0.15, 0.2) is 0 Å². The van der Waals surface area contributed by atoms with Gasteiger partial charge in [0.1, 0.15) is 10.7 Å². The molecule has 9 heteroatoms. The molecule has 0 saturated heterocycles. The van der Waals surface area contributed by atoms with Crippen LogP contribution < -0.4 is 5.43 Å². The van der Waals surface area contributed by atoms with Crippen molar-refractivity contribution >= 4 is 22.1 Å². The molecule has 0 atom stereocenters. The molecule has 1 N–H and O–H groups in total. The van der Waals surface area contributed by atoms with E-state index >= 15 is 0 Å². The van der Waals surface area contributed by atoms with Crippen LogP contribution >= 0.6 is 0 Å². The molecule has 28 heavy (non-hydrogen) atoms. The summed E-state index contributed by atoms with van der Waals surface area (Å²) >= 11 is 0. The summed E-state index contributed by atoms with van der Waals surface area (Å²) in [6, 6.07) is 12.9. The predicted molar refractivity (Wildman–Crippen MR) is 109 cm³/mol. The fraction of sp³-hybridized carbons (Fsp3) is 0.211. The van der Waals surface area contributed by atoms with Crippen molar-refractivity contribution in [2.45, 2.75) is 18.7 Å². The Morgan fingerprint density at radius 3 is 2.50 bits per heavy atom. The molecular formula is C19H22N6O2S. The highest BCUT2D eigenvalue weighted by Gasteiger charge is 2.21. The molecule has 0 aliphatic carbocycles. The minimum absolute atomic E-state index is 0.162. The van der Waals surface area contributed by atoms with E-state index < -0.39 is 10.0 Å². The van der Waals surface area contributed by atoms with Gasteiger partial charge >= 0.3 is 0 Å². The largest absolute Gasteiger partial charge is 0.261 e. The number of aromatic nitrogens is 3. The lowest BCUT2D eigenvalue weighted by Crippen LogP contribution is -2.30. The number of hydrogen-bond donors (Lipinski definition) is 1. The first kappa shape index (κ1) is 19.7. The molecule has 2 aromatic heterocycles. The number of pyridine rings is 1. The first-order valence-electron chi connectivity index (χ1n) is 8.90. The highest BCUT2D eigenvalue weighted by Crippen LogP contribution is 2.16. The summed E-state index contributed by atoms with van der Waals surface area (Å²) in [4.78, 5) is 4.29. The van der Waals surface area contributed by atoms with Crippen molar-refractivity contribution in [3.05, 3.63) is 66.6 Å². The number of para-hydroxylation sites is 1. The van der Waals surface area contributed by atoms with Gasteiger partial charge in [0, 0.05) is 31.0 Å². The van der Waals surface area contributed by atoms with Crippen LogP contribution in [0.5, 0.6) is 0 Å². The summed E-state index contributed by atoms with van der Waals surface area (Å²) in [5, 5.41) is 8.42. The first-order chi connectivity index (χ1) is 13.5. The molecule has 0 spiro atoms. The monoisotopic (exact) mass is 398 g/mol.